The molecule has 3 aliphatic carbocycles. The summed E-state index contributed by atoms with van der Waals surface area (Å²) in [6.45, 7) is 0. The molecule has 0 aromatic carbocycles. The molecule has 12 heavy (non-hydrogen) atoms. The van der Waals surface area contributed by atoms with E-state index in [1.807, 2.05) is 0 Å². The second-order valence-electron chi connectivity index (χ2n) is 4.62. The van der Waals surface area contributed by atoms with Crippen molar-refractivity contribution in [2.24, 2.45) is 23.7 Å². The second-order valence-corrected chi connectivity index (χ2v) is 5.68. The monoisotopic (exact) mass is 226 g/mol. The first-order valence-corrected chi connectivity index (χ1v) is 6.10. The molecular weight excluding hydrogens is 212 g/mol. The number of alkyl halides is 1. The molecule has 0 bridgehead atoms. The zero-order chi connectivity index (χ0) is 8.13. The standard InChI is InChI=1S/C11H15Br/c12-9-6-2-4-7-3-1-5-8-10(7)11(8)9/h2,6-11H,1,3-5H2. The summed E-state index contributed by atoms with van der Waals surface area (Å²) in [4.78, 5) is 0.704. The molecule has 0 aliphatic heterocycles. The highest BCUT2D eigenvalue weighted by Gasteiger charge is 2.57. The maximum atomic E-state index is 3.79. The normalized spacial score (nSPS) is 55.9. The first kappa shape index (κ1) is 7.61. The van der Waals surface area contributed by atoms with Gasteiger partial charge >= 0.3 is 0 Å². The lowest BCUT2D eigenvalue weighted by Gasteiger charge is -2.18. The molecule has 0 radical (unpaired) electrons. The first-order valence-electron chi connectivity index (χ1n) is 5.18. The SMILES string of the molecule is BrC1C=CCC2CCCC3C1C23. The Morgan fingerprint density at radius 2 is 2.08 bits per heavy atom. The molecule has 0 heterocycles. The summed E-state index contributed by atoms with van der Waals surface area (Å²) in [7, 11) is 0. The number of fused-ring (bicyclic) bond motifs is 1. The Balaban J connectivity index is 1.88. The van der Waals surface area contributed by atoms with Crippen molar-refractivity contribution in [3.05, 3.63) is 12.2 Å². The molecular formula is C11H15Br. The molecule has 0 aromatic heterocycles. The second kappa shape index (κ2) is 2.60. The van der Waals surface area contributed by atoms with Crippen molar-refractivity contribution in [3.8, 4) is 0 Å². The summed E-state index contributed by atoms with van der Waals surface area (Å²) in [5.41, 5.74) is 0. The van der Waals surface area contributed by atoms with Crippen molar-refractivity contribution in [2.75, 3.05) is 0 Å². The maximum Gasteiger partial charge on any atom is 0.0359 e. The van der Waals surface area contributed by atoms with Gasteiger partial charge in [0.15, 0.2) is 0 Å². The number of allylic oxidation sites excluding steroid dienone is 2. The zero-order valence-electron chi connectivity index (χ0n) is 7.25. The van der Waals surface area contributed by atoms with E-state index in [-0.39, 0.29) is 0 Å². The van der Waals surface area contributed by atoms with Crippen LogP contribution in [0.4, 0.5) is 0 Å². The Morgan fingerprint density at radius 1 is 1.17 bits per heavy atom. The predicted molar refractivity (Wildman–Crippen MR) is 54.3 cm³/mol. The van der Waals surface area contributed by atoms with Crippen LogP contribution < -0.4 is 0 Å². The van der Waals surface area contributed by atoms with Crippen LogP contribution in [0.25, 0.3) is 0 Å². The van der Waals surface area contributed by atoms with E-state index >= 15 is 0 Å². The van der Waals surface area contributed by atoms with E-state index in [4.69, 9.17) is 0 Å². The highest BCUT2D eigenvalue weighted by Crippen LogP contribution is 2.62. The molecule has 0 amide bonds. The van der Waals surface area contributed by atoms with Gasteiger partial charge in [0.05, 0.1) is 0 Å². The fourth-order valence-corrected chi connectivity index (χ4v) is 4.48. The Bertz CT molecular complexity index is 221. The Kier molecular flexibility index (Phi) is 1.65. The molecule has 5 atom stereocenters. The highest BCUT2D eigenvalue weighted by atomic mass is 79.9. The predicted octanol–water partition coefficient (Wildman–Crippen LogP) is 3.37. The average molecular weight is 227 g/mol. The van der Waals surface area contributed by atoms with Gasteiger partial charge in [-0.05, 0) is 42.9 Å². The van der Waals surface area contributed by atoms with Gasteiger partial charge in [-0.1, -0.05) is 34.5 Å². The number of hydrogen-bond donors (Lipinski definition) is 0. The lowest BCUT2D eigenvalue weighted by molar-refractivity contribution is 0.338. The topological polar surface area (TPSA) is 0 Å². The summed E-state index contributed by atoms with van der Waals surface area (Å²) < 4.78 is 0. The van der Waals surface area contributed by atoms with Gasteiger partial charge in [-0.3, -0.25) is 0 Å². The van der Waals surface area contributed by atoms with Gasteiger partial charge in [-0.25, -0.2) is 0 Å². The summed E-state index contributed by atoms with van der Waals surface area (Å²) in [6, 6.07) is 0. The molecule has 0 N–H and O–H groups in total. The maximum absolute atomic E-state index is 3.79. The molecule has 0 spiro atoms. The fraction of sp³-hybridized carbons (Fsp3) is 0.818. The number of hydrogen-bond acceptors (Lipinski definition) is 0. The minimum atomic E-state index is 0.704. The Labute approximate surface area is 82.5 Å². The van der Waals surface area contributed by atoms with E-state index in [1.54, 1.807) is 0 Å². The van der Waals surface area contributed by atoms with Crippen molar-refractivity contribution in [2.45, 2.75) is 30.5 Å². The molecule has 2 fully saturated rings. The molecule has 0 aromatic rings. The van der Waals surface area contributed by atoms with Crippen LogP contribution in [0, 0.1) is 23.7 Å². The largest absolute Gasteiger partial charge is 0.0871 e. The quantitative estimate of drug-likeness (QED) is 0.439. The molecule has 3 rings (SSSR count). The molecule has 0 saturated heterocycles. The highest BCUT2D eigenvalue weighted by molar-refractivity contribution is 9.09. The first-order chi connectivity index (χ1) is 5.88. The van der Waals surface area contributed by atoms with Gasteiger partial charge in [0, 0.05) is 4.83 Å². The lowest BCUT2D eigenvalue weighted by atomic mass is 9.87. The van der Waals surface area contributed by atoms with E-state index in [0.717, 1.165) is 23.7 Å². The fourth-order valence-electron chi connectivity index (χ4n) is 3.52. The van der Waals surface area contributed by atoms with Crippen LogP contribution in [0.2, 0.25) is 0 Å². The summed E-state index contributed by atoms with van der Waals surface area (Å²) in [6.07, 6.45) is 10.7. The van der Waals surface area contributed by atoms with Crippen molar-refractivity contribution in [3.63, 3.8) is 0 Å². The molecule has 66 valence electrons. The minimum Gasteiger partial charge on any atom is -0.0871 e. The summed E-state index contributed by atoms with van der Waals surface area (Å²) >= 11 is 3.79. The van der Waals surface area contributed by atoms with E-state index in [9.17, 15) is 0 Å². The summed E-state index contributed by atoms with van der Waals surface area (Å²) in [5, 5.41) is 0. The summed E-state index contributed by atoms with van der Waals surface area (Å²) in [5.74, 6) is 4.25. The van der Waals surface area contributed by atoms with E-state index in [1.165, 1.54) is 25.7 Å². The molecule has 3 aliphatic rings. The van der Waals surface area contributed by atoms with E-state index in [2.05, 4.69) is 28.1 Å². The van der Waals surface area contributed by atoms with Gasteiger partial charge in [0.1, 0.15) is 0 Å². The molecule has 5 unspecified atom stereocenters. The van der Waals surface area contributed by atoms with Crippen molar-refractivity contribution >= 4 is 15.9 Å². The van der Waals surface area contributed by atoms with Crippen LogP contribution in [0.1, 0.15) is 25.7 Å². The third-order valence-electron chi connectivity index (χ3n) is 4.08. The van der Waals surface area contributed by atoms with Crippen LogP contribution in [0.5, 0.6) is 0 Å². The Morgan fingerprint density at radius 3 is 3.00 bits per heavy atom. The Hall–Kier alpha value is 0.220. The molecule has 1 heteroatoms. The third-order valence-corrected chi connectivity index (χ3v) is 4.99. The van der Waals surface area contributed by atoms with Crippen molar-refractivity contribution < 1.29 is 0 Å². The van der Waals surface area contributed by atoms with Gasteiger partial charge in [0.2, 0.25) is 0 Å². The smallest absolute Gasteiger partial charge is 0.0359 e. The minimum absolute atomic E-state index is 0.704. The van der Waals surface area contributed by atoms with Crippen molar-refractivity contribution in [1.29, 1.82) is 0 Å². The zero-order valence-corrected chi connectivity index (χ0v) is 8.83. The van der Waals surface area contributed by atoms with Gasteiger partial charge in [-0.2, -0.15) is 0 Å². The number of rotatable bonds is 0. The van der Waals surface area contributed by atoms with Crippen LogP contribution in [0.15, 0.2) is 12.2 Å². The van der Waals surface area contributed by atoms with Gasteiger partial charge in [-0.15, -0.1) is 0 Å². The lowest BCUT2D eigenvalue weighted by Crippen LogP contribution is -2.08. The van der Waals surface area contributed by atoms with Crippen LogP contribution >= 0.6 is 15.9 Å². The van der Waals surface area contributed by atoms with E-state index < -0.39 is 0 Å². The number of halogens is 1. The molecule has 0 nitrogen and oxygen atoms in total. The van der Waals surface area contributed by atoms with Gasteiger partial charge < -0.3 is 0 Å². The van der Waals surface area contributed by atoms with Crippen molar-refractivity contribution in [1.82, 2.24) is 0 Å². The van der Waals surface area contributed by atoms with Crippen LogP contribution in [-0.4, -0.2) is 4.83 Å². The van der Waals surface area contributed by atoms with Gasteiger partial charge in [0.25, 0.3) is 0 Å². The van der Waals surface area contributed by atoms with E-state index in [0.29, 0.717) is 4.83 Å². The average Bonchev–Trinajstić information content (AvgIpc) is 2.80. The third kappa shape index (κ3) is 0.951. The van der Waals surface area contributed by atoms with Crippen LogP contribution in [0.3, 0.4) is 0 Å². The molecule has 2 saturated carbocycles. The van der Waals surface area contributed by atoms with Crippen LogP contribution in [-0.2, 0) is 0 Å².